The molecule has 5 nitrogen and oxygen atoms in total. The fraction of sp³-hybridized carbons (Fsp3) is 0.350. The minimum atomic E-state index is -3.53. The van der Waals surface area contributed by atoms with Crippen molar-refractivity contribution in [3.8, 4) is 0 Å². The van der Waals surface area contributed by atoms with Crippen molar-refractivity contribution in [3.05, 3.63) is 58.6 Å². The lowest BCUT2D eigenvalue weighted by molar-refractivity contribution is 0.102. The Kier molecular flexibility index (Phi) is 6.34. The van der Waals surface area contributed by atoms with Crippen LogP contribution in [-0.4, -0.2) is 31.7 Å². The first-order chi connectivity index (χ1) is 12.9. The molecular weight excluding hydrogens is 428 g/mol. The molecule has 0 spiro atoms. The normalized spacial score (nSPS) is 15.7. The molecule has 0 saturated heterocycles. The fourth-order valence-corrected chi connectivity index (χ4v) is 5.17. The summed E-state index contributed by atoms with van der Waals surface area (Å²) in [5.41, 5.74) is 1.08. The third kappa shape index (κ3) is 4.78. The van der Waals surface area contributed by atoms with Gasteiger partial charge in [-0.3, -0.25) is 4.79 Å². The number of sulfonamides is 1. The summed E-state index contributed by atoms with van der Waals surface area (Å²) in [4.78, 5) is 12.6. The number of anilines is 1. The number of amides is 1. The average Bonchev–Trinajstić information content (AvgIpc) is 2.68. The van der Waals surface area contributed by atoms with Crippen molar-refractivity contribution in [2.75, 3.05) is 12.4 Å². The Morgan fingerprint density at radius 2 is 1.74 bits per heavy atom. The van der Waals surface area contributed by atoms with Gasteiger partial charge in [0.15, 0.2) is 0 Å². The predicted molar refractivity (Wildman–Crippen MR) is 110 cm³/mol. The number of nitrogens with zero attached hydrogens (tertiary/aromatic N) is 1. The molecule has 0 atom stereocenters. The molecule has 1 amide bonds. The first-order valence-corrected chi connectivity index (χ1v) is 11.3. The van der Waals surface area contributed by atoms with Crippen LogP contribution in [0.3, 0.4) is 0 Å². The number of benzene rings is 2. The number of rotatable bonds is 5. The van der Waals surface area contributed by atoms with Gasteiger partial charge in [-0.1, -0.05) is 41.3 Å². The Hall–Kier alpha value is -1.70. The lowest BCUT2D eigenvalue weighted by Gasteiger charge is -2.30. The molecule has 0 aromatic heterocycles. The van der Waals surface area contributed by atoms with Gasteiger partial charge in [-0.25, -0.2) is 8.42 Å². The number of carbonyl (C=O) groups excluding carboxylic acids is 1. The molecule has 0 heterocycles. The van der Waals surface area contributed by atoms with Crippen LogP contribution in [-0.2, 0) is 10.0 Å². The van der Waals surface area contributed by atoms with Crippen molar-refractivity contribution < 1.29 is 13.2 Å². The highest BCUT2D eigenvalue weighted by atomic mass is 79.9. The molecule has 3 rings (SSSR count). The monoisotopic (exact) mass is 450 g/mol. The second-order valence-corrected chi connectivity index (χ2v) is 9.72. The zero-order chi connectivity index (χ0) is 19.4. The third-order valence-corrected chi connectivity index (χ3v) is 7.38. The maximum absolute atomic E-state index is 12.9. The van der Waals surface area contributed by atoms with Crippen LogP contribution in [0.2, 0.25) is 0 Å². The molecule has 1 saturated carbocycles. The summed E-state index contributed by atoms with van der Waals surface area (Å²) in [7, 11) is -1.87. The van der Waals surface area contributed by atoms with E-state index >= 15 is 0 Å². The summed E-state index contributed by atoms with van der Waals surface area (Å²) < 4.78 is 28.0. The molecule has 27 heavy (non-hydrogen) atoms. The van der Waals surface area contributed by atoms with E-state index in [0.29, 0.717) is 11.3 Å². The molecule has 0 radical (unpaired) electrons. The van der Waals surface area contributed by atoms with E-state index in [4.69, 9.17) is 0 Å². The lowest BCUT2D eigenvalue weighted by Crippen LogP contribution is -2.38. The largest absolute Gasteiger partial charge is 0.322 e. The van der Waals surface area contributed by atoms with Crippen molar-refractivity contribution in [2.45, 2.75) is 43.0 Å². The summed E-state index contributed by atoms with van der Waals surface area (Å²) in [6.45, 7) is 0. The molecule has 1 aliphatic rings. The third-order valence-electron chi connectivity index (χ3n) is 4.96. The average molecular weight is 451 g/mol. The van der Waals surface area contributed by atoms with Crippen LogP contribution in [0.15, 0.2) is 57.9 Å². The number of hydrogen-bond acceptors (Lipinski definition) is 3. The predicted octanol–water partition coefficient (Wildman–Crippen LogP) is 4.65. The molecule has 1 N–H and O–H groups in total. The zero-order valence-electron chi connectivity index (χ0n) is 15.2. The summed E-state index contributed by atoms with van der Waals surface area (Å²) >= 11 is 3.34. The van der Waals surface area contributed by atoms with Gasteiger partial charge in [0.2, 0.25) is 10.0 Å². The summed E-state index contributed by atoms with van der Waals surface area (Å²) in [5, 5.41) is 2.79. The number of carbonyl (C=O) groups is 1. The van der Waals surface area contributed by atoms with Gasteiger partial charge in [0.05, 0.1) is 4.90 Å². The minimum Gasteiger partial charge on any atom is -0.322 e. The van der Waals surface area contributed by atoms with Crippen LogP contribution in [0.1, 0.15) is 42.5 Å². The molecule has 0 unspecified atom stereocenters. The molecule has 144 valence electrons. The molecule has 0 aliphatic heterocycles. The van der Waals surface area contributed by atoms with Crippen LogP contribution >= 0.6 is 15.9 Å². The number of nitrogens with one attached hydrogen (secondary N) is 1. The molecule has 1 aliphatic carbocycles. The van der Waals surface area contributed by atoms with E-state index < -0.39 is 10.0 Å². The van der Waals surface area contributed by atoms with Crippen molar-refractivity contribution >= 4 is 37.5 Å². The van der Waals surface area contributed by atoms with Gasteiger partial charge < -0.3 is 5.32 Å². The van der Waals surface area contributed by atoms with E-state index in [9.17, 15) is 13.2 Å². The SMILES string of the molecule is CN(C1CCCCC1)S(=O)(=O)c1ccc(NC(=O)c2cccc(Br)c2)cc1. The summed E-state index contributed by atoms with van der Waals surface area (Å²) in [5.74, 6) is -0.244. The Labute approximate surface area is 169 Å². The van der Waals surface area contributed by atoms with Crippen LogP contribution in [0.25, 0.3) is 0 Å². The van der Waals surface area contributed by atoms with Crippen molar-refractivity contribution in [3.63, 3.8) is 0 Å². The molecule has 7 heteroatoms. The highest BCUT2D eigenvalue weighted by Gasteiger charge is 2.28. The Morgan fingerprint density at radius 1 is 1.07 bits per heavy atom. The van der Waals surface area contributed by atoms with Crippen molar-refractivity contribution in [1.82, 2.24) is 4.31 Å². The van der Waals surface area contributed by atoms with Crippen LogP contribution in [0.5, 0.6) is 0 Å². The number of halogens is 1. The Balaban J connectivity index is 1.71. The highest BCUT2D eigenvalue weighted by Crippen LogP contribution is 2.27. The number of hydrogen-bond donors (Lipinski definition) is 1. The Bertz CT molecular complexity index is 907. The van der Waals surface area contributed by atoms with E-state index in [-0.39, 0.29) is 16.8 Å². The first kappa shape index (κ1) is 20.0. The standard InChI is InChI=1S/C20H23BrN2O3S/c1-23(18-8-3-2-4-9-18)27(25,26)19-12-10-17(11-13-19)22-20(24)15-6-5-7-16(21)14-15/h5-7,10-14,18H,2-4,8-9H2,1H3,(H,22,24). The smallest absolute Gasteiger partial charge is 0.255 e. The molecule has 0 bridgehead atoms. The molecular formula is C20H23BrN2O3S. The zero-order valence-corrected chi connectivity index (χ0v) is 17.6. The van der Waals surface area contributed by atoms with Crippen LogP contribution in [0.4, 0.5) is 5.69 Å². The van der Waals surface area contributed by atoms with Gasteiger partial charge in [-0.15, -0.1) is 0 Å². The minimum absolute atomic E-state index is 0.0691. The topological polar surface area (TPSA) is 66.5 Å². The second kappa shape index (κ2) is 8.54. The fourth-order valence-electron chi connectivity index (χ4n) is 3.35. The van der Waals surface area contributed by atoms with E-state index in [1.807, 2.05) is 6.07 Å². The molecule has 1 fully saturated rings. The van der Waals surface area contributed by atoms with Gasteiger partial charge in [0.1, 0.15) is 0 Å². The summed E-state index contributed by atoms with van der Waals surface area (Å²) in [6.07, 6.45) is 5.15. The maximum Gasteiger partial charge on any atom is 0.255 e. The quantitative estimate of drug-likeness (QED) is 0.720. The van der Waals surface area contributed by atoms with Crippen LogP contribution < -0.4 is 5.32 Å². The van der Waals surface area contributed by atoms with E-state index in [0.717, 1.165) is 30.2 Å². The second-order valence-electron chi connectivity index (χ2n) is 6.80. The van der Waals surface area contributed by atoms with Gasteiger partial charge in [-0.2, -0.15) is 4.31 Å². The van der Waals surface area contributed by atoms with Gasteiger partial charge in [-0.05, 0) is 55.3 Å². The van der Waals surface area contributed by atoms with Gasteiger partial charge >= 0.3 is 0 Å². The highest BCUT2D eigenvalue weighted by molar-refractivity contribution is 9.10. The lowest BCUT2D eigenvalue weighted by atomic mass is 9.96. The van der Waals surface area contributed by atoms with Crippen molar-refractivity contribution in [2.24, 2.45) is 0 Å². The van der Waals surface area contributed by atoms with Crippen LogP contribution in [0, 0.1) is 0 Å². The first-order valence-electron chi connectivity index (χ1n) is 9.03. The summed E-state index contributed by atoms with van der Waals surface area (Å²) in [6, 6.07) is 13.5. The van der Waals surface area contributed by atoms with E-state index in [1.165, 1.54) is 10.7 Å². The molecule has 2 aromatic rings. The maximum atomic E-state index is 12.9. The van der Waals surface area contributed by atoms with Gasteiger partial charge in [0.25, 0.3) is 5.91 Å². The van der Waals surface area contributed by atoms with E-state index in [2.05, 4.69) is 21.2 Å². The van der Waals surface area contributed by atoms with Gasteiger partial charge in [0, 0.05) is 28.8 Å². The van der Waals surface area contributed by atoms with Crippen molar-refractivity contribution in [1.29, 1.82) is 0 Å². The molecule has 2 aromatic carbocycles. The van der Waals surface area contributed by atoms with E-state index in [1.54, 1.807) is 49.5 Å². The Morgan fingerprint density at radius 3 is 2.37 bits per heavy atom.